The first kappa shape index (κ1) is 20.9. The second kappa shape index (κ2) is 12.1. The highest BCUT2D eigenvalue weighted by Gasteiger charge is 2.15. The predicted molar refractivity (Wildman–Crippen MR) is 113 cm³/mol. The van der Waals surface area contributed by atoms with Crippen molar-refractivity contribution < 1.29 is 4.74 Å². The summed E-state index contributed by atoms with van der Waals surface area (Å²) in [4.78, 5) is 6.67. The first-order valence-corrected chi connectivity index (χ1v) is 10.8. The molecule has 0 spiro atoms. The fraction of sp³-hybridized carbons (Fsp3) is 0.650. The molecule has 1 heterocycles. The monoisotopic (exact) mass is 378 g/mol. The first-order valence-electron chi connectivity index (χ1n) is 9.75. The maximum Gasteiger partial charge on any atom is 0.191 e. The van der Waals surface area contributed by atoms with Crippen LogP contribution < -0.4 is 15.4 Å². The Kier molecular flexibility index (Phi) is 9.71. The summed E-state index contributed by atoms with van der Waals surface area (Å²) in [5, 5.41) is 7.54. The third-order valence-corrected chi connectivity index (χ3v) is 6.10. The van der Waals surface area contributed by atoms with Crippen LogP contribution in [0.3, 0.4) is 0 Å². The predicted octanol–water partition coefficient (Wildman–Crippen LogP) is 2.97. The Labute approximate surface area is 163 Å². The number of guanidine groups is 1. The summed E-state index contributed by atoms with van der Waals surface area (Å²) < 4.78 is 5.84. The Morgan fingerprint density at radius 1 is 1.23 bits per heavy atom. The van der Waals surface area contributed by atoms with E-state index in [2.05, 4.69) is 58.3 Å². The average Bonchev–Trinajstić information content (AvgIpc) is 3.20. The third-order valence-electron chi connectivity index (χ3n) is 4.70. The number of aliphatic imine (C=N–C) groups is 1. The molecule has 1 saturated heterocycles. The molecule has 2 rings (SSSR count). The van der Waals surface area contributed by atoms with E-state index in [1.807, 2.05) is 19.2 Å². The normalized spacial score (nSPS) is 17.5. The maximum atomic E-state index is 5.84. The van der Waals surface area contributed by atoms with Crippen molar-refractivity contribution in [3.05, 3.63) is 29.8 Å². The molecule has 0 amide bonds. The van der Waals surface area contributed by atoms with Crippen molar-refractivity contribution in [1.82, 2.24) is 15.5 Å². The van der Waals surface area contributed by atoms with Gasteiger partial charge in [-0.15, -0.1) is 0 Å². The van der Waals surface area contributed by atoms with Crippen molar-refractivity contribution >= 4 is 17.7 Å². The molecule has 1 aliphatic heterocycles. The van der Waals surface area contributed by atoms with Gasteiger partial charge in [0.25, 0.3) is 0 Å². The smallest absolute Gasteiger partial charge is 0.191 e. The van der Waals surface area contributed by atoms with Crippen LogP contribution in [0.25, 0.3) is 0 Å². The number of hydrogen-bond donors (Lipinski definition) is 2. The summed E-state index contributed by atoms with van der Waals surface area (Å²) in [5.74, 6) is 3.10. The van der Waals surface area contributed by atoms with Crippen molar-refractivity contribution in [2.75, 3.05) is 45.6 Å². The van der Waals surface area contributed by atoms with Crippen LogP contribution in [0.2, 0.25) is 0 Å². The Balaban J connectivity index is 1.68. The zero-order chi connectivity index (χ0) is 18.6. The van der Waals surface area contributed by atoms with Crippen molar-refractivity contribution in [2.24, 2.45) is 4.99 Å². The minimum absolute atomic E-state index is 0.723. The lowest BCUT2D eigenvalue weighted by molar-refractivity contribution is 0.223. The van der Waals surface area contributed by atoms with E-state index in [0.29, 0.717) is 0 Å². The Morgan fingerprint density at radius 3 is 2.62 bits per heavy atom. The fourth-order valence-electron chi connectivity index (χ4n) is 2.96. The highest BCUT2D eigenvalue weighted by atomic mass is 32.2. The topological polar surface area (TPSA) is 48.9 Å². The highest BCUT2D eigenvalue weighted by molar-refractivity contribution is 8.00. The van der Waals surface area contributed by atoms with Gasteiger partial charge in [0.05, 0.1) is 0 Å². The van der Waals surface area contributed by atoms with Gasteiger partial charge in [-0.2, -0.15) is 11.8 Å². The van der Waals surface area contributed by atoms with Crippen molar-refractivity contribution in [3.63, 3.8) is 0 Å². The van der Waals surface area contributed by atoms with Crippen LogP contribution in [-0.2, 0) is 6.54 Å². The number of benzene rings is 1. The van der Waals surface area contributed by atoms with Crippen LogP contribution in [0.1, 0.15) is 32.3 Å². The van der Waals surface area contributed by atoms with Gasteiger partial charge in [-0.25, -0.2) is 0 Å². The SMILES string of the molecule is CCN(CC)CCOc1ccc(CNC(=NC)NCC2CCCS2)cc1. The van der Waals surface area contributed by atoms with E-state index in [1.54, 1.807) is 0 Å². The molecule has 146 valence electrons. The summed E-state index contributed by atoms with van der Waals surface area (Å²) >= 11 is 2.06. The summed E-state index contributed by atoms with van der Waals surface area (Å²) in [6.45, 7) is 9.95. The van der Waals surface area contributed by atoms with E-state index < -0.39 is 0 Å². The molecule has 0 aromatic heterocycles. The van der Waals surface area contributed by atoms with Gasteiger partial charge in [0, 0.05) is 31.9 Å². The van der Waals surface area contributed by atoms with Crippen LogP contribution >= 0.6 is 11.8 Å². The zero-order valence-corrected chi connectivity index (χ0v) is 17.3. The van der Waals surface area contributed by atoms with Crippen LogP contribution in [0.4, 0.5) is 0 Å². The Morgan fingerprint density at radius 2 is 2.00 bits per heavy atom. The van der Waals surface area contributed by atoms with Gasteiger partial charge in [0.1, 0.15) is 12.4 Å². The fourth-order valence-corrected chi connectivity index (χ4v) is 4.16. The van der Waals surface area contributed by atoms with Gasteiger partial charge < -0.3 is 20.3 Å². The number of nitrogens with zero attached hydrogens (tertiary/aromatic N) is 2. The molecule has 1 fully saturated rings. The number of likely N-dealkylation sites (N-methyl/N-ethyl adjacent to an activating group) is 1. The molecule has 0 radical (unpaired) electrons. The lowest BCUT2D eigenvalue weighted by Crippen LogP contribution is -2.39. The van der Waals surface area contributed by atoms with Gasteiger partial charge in [0.15, 0.2) is 5.96 Å². The van der Waals surface area contributed by atoms with E-state index in [9.17, 15) is 0 Å². The molecule has 0 bridgehead atoms. The highest BCUT2D eigenvalue weighted by Crippen LogP contribution is 2.25. The minimum Gasteiger partial charge on any atom is -0.492 e. The lowest BCUT2D eigenvalue weighted by Gasteiger charge is -2.18. The van der Waals surface area contributed by atoms with E-state index in [1.165, 1.54) is 24.2 Å². The standard InChI is InChI=1S/C20H34N4OS/c1-4-24(5-2)12-13-25-18-10-8-17(9-11-18)15-22-20(21-3)23-16-19-7-6-14-26-19/h8-11,19H,4-7,12-16H2,1-3H3,(H2,21,22,23). The van der Waals surface area contributed by atoms with Crippen LogP contribution in [0.5, 0.6) is 5.75 Å². The van der Waals surface area contributed by atoms with Crippen LogP contribution in [0, 0.1) is 0 Å². The average molecular weight is 379 g/mol. The Bertz CT molecular complexity index is 525. The van der Waals surface area contributed by atoms with Crippen LogP contribution in [0.15, 0.2) is 29.3 Å². The number of nitrogens with one attached hydrogen (secondary N) is 2. The molecular formula is C20H34N4OS. The molecule has 6 heteroatoms. The summed E-state index contributed by atoms with van der Waals surface area (Å²) in [7, 11) is 1.82. The molecule has 1 aromatic carbocycles. The number of ether oxygens (including phenoxy) is 1. The van der Waals surface area contributed by atoms with Crippen molar-refractivity contribution in [2.45, 2.75) is 38.5 Å². The number of thioether (sulfide) groups is 1. The summed E-state index contributed by atoms with van der Waals surface area (Å²) in [6, 6.07) is 8.31. The van der Waals surface area contributed by atoms with Crippen LogP contribution in [-0.4, -0.2) is 61.7 Å². The molecule has 1 atom stereocenters. The molecular weight excluding hydrogens is 344 g/mol. The second-order valence-electron chi connectivity index (χ2n) is 6.46. The van der Waals surface area contributed by atoms with E-state index in [0.717, 1.165) is 56.3 Å². The first-order chi connectivity index (χ1) is 12.7. The zero-order valence-electron chi connectivity index (χ0n) is 16.5. The second-order valence-corrected chi connectivity index (χ2v) is 7.87. The molecule has 5 nitrogen and oxygen atoms in total. The molecule has 1 aromatic rings. The van der Waals surface area contributed by atoms with E-state index in [-0.39, 0.29) is 0 Å². The molecule has 1 aliphatic rings. The van der Waals surface area contributed by atoms with Gasteiger partial charge in [-0.1, -0.05) is 26.0 Å². The number of rotatable bonds is 10. The molecule has 0 aliphatic carbocycles. The van der Waals surface area contributed by atoms with E-state index in [4.69, 9.17) is 4.74 Å². The van der Waals surface area contributed by atoms with Gasteiger partial charge in [-0.05, 0) is 49.4 Å². The van der Waals surface area contributed by atoms with Gasteiger partial charge >= 0.3 is 0 Å². The number of hydrogen-bond acceptors (Lipinski definition) is 4. The van der Waals surface area contributed by atoms with Gasteiger partial charge in [-0.3, -0.25) is 4.99 Å². The van der Waals surface area contributed by atoms with Gasteiger partial charge in [0.2, 0.25) is 0 Å². The summed E-state index contributed by atoms with van der Waals surface area (Å²) in [5.41, 5.74) is 1.22. The lowest BCUT2D eigenvalue weighted by atomic mass is 10.2. The molecule has 2 N–H and O–H groups in total. The van der Waals surface area contributed by atoms with Crippen molar-refractivity contribution in [3.8, 4) is 5.75 Å². The quantitative estimate of drug-likeness (QED) is 0.484. The minimum atomic E-state index is 0.723. The van der Waals surface area contributed by atoms with E-state index >= 15 is 0 Å². The summed E-state index contributed by atoms with van der Waals surface area (Å²) in [6.07, 6.45) is 2.65. The molecule has 26 heavy (non-hydrogen) atoms. The molecule has 1 unspecified atom stereocenters. The largest absolute Gasteiger partial charge is 0.492 e. The maximum absolute atomic E-state index is 5.84. The molecule has 0 saturated carbocycles. The Hall–Kier alpha value is -1.40. The van der Waals surface area contributed by atoms with Crippen molar-refractivity contribution in [1.29, 1.82) is 0 Å². The third kappa shape index (κ3) is 7.46.